The van der Waals surface area contributed by atoms with E-state index in [4.69, 9.17) is 6.57 Å². The van der Waals surface area contributed by atoms with Crippen molar-refractivity contribution in [1.29, 1.82) is 0 Å². The standard InChI is InChI=1S/C3H6NOP/c1-4-3-6(2)5/h6H,3H2,2H3. The van der Waals surface area contributed by atoms with E-state index in [1.807, 2.05) is 0 Å². The lowest BCUT2D eigenvalue weighted by Crippen LogP contribution is -1.56. The van der Waals surface area contributed by atoms with Crippen molar-refractivity contribution in [1.82, 2.24) is 0 Å². The van der Waals surface area contributed by atoms with Crippen LogP contribution in [-0.2, 0) is 4.57 Å². The third-order valence-corrected chi connectivity index (χ3v) is 0.905. The first-order chi connectivity index (χ1) is 2.77. The van der Waals surface area contributed by atoms with Crippen LogP contribution in [0.15, 0.2) is 0 Å². The Balaban J connectivity index is 3.13. The quantitative estimate of drug-likeness (QED) is 0.359. The minimum absolute atomic E-state index is 0.213. The molecule has 0 aliphatic carbocycles. The Morgan fingerprint density at radius 3 is 2.50 bits per heavy atom. The van der Waals surface area contributed by atoms with Crippen LogP contribution in [0.4, 0.5) is 0 Å². The van der Waals surface area contributed by atoms with Gasteiger partial charge in [-0.3, -0.25) is 0 Å². The van der Waals surface area contributed by atoms with Crippen molar-refractivity contribution in [3.8, 4) is 0 Å². The van der Waals surface area contributed by atoms with Crippen molar-refractivity contribution in [3.05, 3.63) is 11.4 Å². The number of nitrogens with zero attached hydrogens (tertiary/aromatic N) is 1. The first-order valence-electron chi connectivity index (χ1n) is 1.60. The molecule has 3 heteroatoms. The molecule has 2 nitrogen and oxygen atoms in total. The Morgan fingerprint density at radius 2 is 2.50 bits per heavy atom. The smallest absolute Gasteiger partial charge is 0.261 e. The molecule has 0 heterocycles. The van der Waals surface area contributed by atoms with Crippen LogP contribution >= 0.6 is 7.80 Å². The highest BCUT2D eigenvalue weighted by atomic mass is 31.1. The molecule has 0 fully saturated rings. The van der Waals surface area contributed by atoms with Crippen molar-refractivity contribution >= 4 is 7.80 Å². The van der Waals surface area contributed by atoms with Crippen molar-refractivity contribution in [2.45, 2.75) is 0 Å². The average molecular weight is 103 g/mol. The molecule has 6 heavy (non-hydrogen) atoms. The molecule has 34 valence electrons. The van der Waals surface area contributed by atoms with E-state index in [1.165, 1.54) is 0 Å². The van der Waals surface area contributed by atoms with Gasteiger partial charge in [-0.25, -0.2) is 6.57 Å². The van der Waals surface area contributed by atoms with E-state index in [2.05, 4.69) is 4.85 Å². The summed E-state index contributed by atoms with van der Waals surface area (Å²) in [6.45, 7) is 7.77. The van der Waals surface area contributed by atoms with Gasteiger partial charge in [-0.1, -0.05) is 0 Å². The van der Waals surface area contributed by atoms with E-state index >= 15 is 0 Å². The molecular formula is C3H6NOP. The average Bonchev–Trinajstić information content (AvgIpc) is 1.35. The fourth-order valence-electron chi connectivity index (χ4n) is 0.111. The Labute approximate surface area is 37.8 Å². The molecule has 0 aromatic carbocycles. The molecule has 0 aromatic heterocycles. The predicted molar refractivity (Wildman–Crippen MR) is 26.4 cm³/mol. The summed E-state index contributed by atoms with van der Waals surface area (Å²) in [5.74, 6) is 0. The van der Waals surface area contributed by atoms with Gasteiger partial charge in [-0.15, -0.1) is 0 Å². The Hall–Kier alpha value is -0.280. The van der Waals surface area contributed by atoms with Crippen LogP contribution in [0.2, 0.25) is 0 Å². The Bertz CT molecular complexity index is 93.5. The summed E-state index contributed by atoms with van der Waals surface area (Å²) in [6.07, 6.45) is 0.213. The summed E-state index contributed by atoms with van der Waals surface area (Å²) in [5, 5.41) is 0. The zero-order valence-electron chi connectivity index (χ0n) is 3.56. The first kappa shape index (κ1) is 5.72. The molecule has 0 aromatic rings. The second kappa shape index (κ2) is 2.93. The SMILES string of the molecule is [C-]#[N+]C[PH](C)=O. The highest BCUT2D eigenvalue weighted by molar-refractivity contribution is 7.43. The van der Waals surface area contributed by atoms with Crippen LogP contribution in [0.25, 0.3) is 4.85 Å². The molecule has 0 aliphatic heterocycles. The Kier molecular flexibility index (Phi) is 2.80. The van der Waals surface area contributed by atoms with Gasteiger partial charge >= 0.3 is 0 Å². The second-order valence-corrected chi connectivity index (χ2v) is 2.74. The zero-order chi connectivity index (χ0) is 4.99. The lowest BCUT2D eigenvalue weighted by Gasteiger charge is -1.70. The second-order valence-electron chi connectivity index (χ2n) is 1.02. The van der Waals surface area contributed by atoms with Crippen LogP contribution in [-0.4, -0.2) is 13.0 Å². The van der Waals surface area contributed by atoms with E-state index in [9.17, 15) is 4.57 Å². The molecule has 0 bridgehead atoms. The summed E-state index contributed by atoms with van der Waals surface area (Å²) >= 11 is 0. The largest absolute Gasteiger partial charge is 0.319 e. The van der Waals surface area contributed by atoms with E-state index in [0.29, 0.717) is 0 Å². The molecule has 1 unspecified atom stereocenters. The van der Waals surface area contributed by atoms with Crippen molar-refractivity contribution < 1.29 is 4.57 Å². The number of hydrogen-bond acceptors (Lipinski definition) is 1. The van der Waals surface area contributed by atoms with Gasteiger partial charge < -0.3 is 9.41 Å². The van der Waals surface area contributed by atoms with Crippen LogP contribution in [0.1, 0.15) is 0 Å². The van der Waals surface area contributed by atoms with E-state index in [0.717, 1.165) is 0 Å². The van der Waals surface area contributed by atoms with E-state index < -0.39 is 7.80 Å². The van der Waals surface area contributed by atoms with Crippen molar-refractivity contribution in [2.24, 2.45) is 0 Å². The van der Waals surface area contributed by atoms with Crippen molar-refractivity contribution in [2.75, 3.05) is 13.0 Å². The highest BCUT2D eigenvalue weighted by Crippen LogP contribution is 2.11. The molecule has 1 atom stereocenters. The fraction of sp³-hybridized carbons (Fsp3) is 0.667. The summed E-state index contributed by atoms with van der Waals surface area (Å²) in [5.41, 5.74) is 0. The minimum atomic E-state index is -1.49. The number of hydrogen-bond donors (Lipinski definition) is 0. The molecule has 0 rings (SSSR count). The van der Waals surface area contributed by atoms with Crippen LogP contribution in [0.3, 0.4) is 0 Å². The maximum absolute atomic E-state index is 10.0. The third-order valence-electron chi connectivity index (χ3n) is 0.302. The van der Waals surface area contributed by atoms with E-state index in [1.54, 1.807) is 6.66 Å². The molecule has 0 aliphatic rings. The van der Waals surface area contributed by atoms with Gasteiger partial charge in [0.05, 0.1) is 0 Å². The number of rotatable bonds is 1. The summed E-state index contributed by atoms with van der Waals surface area (Å²) in [4.78, 5) is 2.92. The van der Waals surface area contributed by atoms with Gasteiger partial charge in [0, 0.05) is 0 Å². The van der Waals surface area contributed by atoms with Gasteiger partial charge in [0.2, 0.25) is 0 Å². The molecule has 0 amide bonds. The highest BCUT2D eigenvalue weighted by Gasteiger charge is 1.85. The molecular weight excluding hydrogens is 97.0 g/mol. The third kappa shape index (κ3) is 3.72. The lowest BCUT2D eigenvalue weighted by molar-refractivity contribution is 0.592. The predicted octanol–water partition coefficient (Wildman–Crippen LogP) is 1.05. The molecule has 0 saturated heterocycles. The van der Waals surface area contributed by atoms with Gasteiger partial charge in [-0.2, -0.15) is 0 Å². The fourth-order valence-corrected chi connectivity index (χ4v) is 0.334. The molecule has 0 radical (unpaired) electrons. The van der Waals surface area contributed by atoms with Gasteiger partial charge in [0.1, 0.15) is 7.80 Å². The normalized spacial score (nSPS) is 12.7. The zero-order valence-corrected chi connectivity index (χ0v) is 4.56. The van der Waals surface area contributed by atoms with Gasteiger partial charge in [0.15, 0.2) is 0 Å². The molecule has 0 saturated carbocycles. The first-order valence-corrected chi connectivity index (χ1v) is 3.71. The maximum atomic E-state index is 10.0. The molecule has 0 spiro atoms. The van der Waals surface area contributed by atoms with Crippen LogP contribution in [0.5, 0.6) is 0 Å². The Morgan fingerprint density at radius 1 is 2.00 bits per heavy atom. The lowest BCUT2D eigenvalue weighted by atomic mass is 11.4. The van der Waals surface area contributed by atoms with Crippen molar-refractivity contribution in [3.63, 3.8) is 0 Å². The van der Waals surface area contributed by atoms with Crippen LogP contribution < -0.4 is 0 Å². The minimum Gasteiger partial charge on any atom is -0.319 e. The summed E-state index contributed by atoms with van der Waals surface area (Å²) < 4.78 is 10.0. The summed E-state index contributed by atoms with van der Waals surface area (Å²) in [7, 11) is -1.49. The van der Waals surface area contributed by atoms with Gasteiger partial charge in [-0.05, 0) is 6.66 Å². The topological polar surface area (TPSA) is 21.4 Å². The summed E-state index contributed by atoms with van der Waals surface area (Å²) in [6, 6.07) is 0. The maximum Gasteiger partial charge on any atom is 0.261 e. The van der Waals surface area contributed by atoms with Crippen LogP contribution in [0, 0.1) is 6.57 Å². The van der Waals surface area contributed by atoms with E-state index in [-0.39, 0.29) is 6.29 Å². The molecule has 0 N–H and O–H groups in total. The van der Waals surface area contributed by atoms with Gasteiger partial charge in [0.25, 0.3) is 6.29 Å². The monoisotopic (exact) mass is 103 g/mol.